The van der Waals surface area contributed by atoms with E-state index in [-0.39, 0.29) is 29.9 Å². The molecule has 0 spiro atoms. The van der Waals surface area contributed by atoms with Crippen LogP contribution in [0.25, 0.3) is 11.1 Å². The quantitative estimate of drug-likeness (QED) is 0.351. The second kappa shape index (κ2) is 11.6. The van der Waals surface area contributed by atoms with E-state index in [1.165, 1.54) is 19.1 Å². The van der Waals surface area contributed by atoms with Gasteiger partial charge in [-0.15, -0.1) is 0 Å². The number of alkyl halides is 3. The van der Waals surface area contributed by atoms with Crippen LogP contribution < -0.4 is 0 Å². The summed E-state index contributed by atoms with van der Waals surface area (Å²) in [5.74, 6) is -1.59. The van der Waals surface area contributed by atoms with Crippen LogP contribution in [0.1, 0.15) is 48.1 Å². The zero-order chi connectivity index (χ0) is 28.3. The minimum absolute atomic E-state index is 0.0713. The lowest BCUT2D eigenvalue weighted by molar-refractivity contribution is -0.155. The fraction of sp³-hybridized carbons (Fsp3) is 0.357. The predicted octanol–water partition coefficient (Wildman–Crippen LogP) is 5.96. The molecule has 1 aromatic heterocycles. The minimum Gasteiger partial charge on any atom is -0.459 e. The number of esters is 1. The van der Waals surface area contributed by atoms with Gasteiger partial charge >= 0.3 is 12.1 Å². The molecule has 3 rings (SSSR count). The zero-order valence-corrected chi connectivity index (χ0v) is 22.4. The summed E-state index contributed by atoms with van der Waals surface area (Å²) >= 11 is 6.02. The van der Waals surface area contributed by atoms with Crippen LogP contribution in [-0.4, -0.2) is 51.7 Å². The molecule has 1 heterocycles. The molecule has 2 aromatic carbocycles. The number of rotatable bonds is 8. The molecule has 0 saturated carbocycles. The smallest absolute Gasteiger partial charge is 0.431 e. The van der Waals surface area contributed by atoms with E-state index >= 15 is 0 Å². The number of halogens is 4. The van der Waals surface area contributed by atoms with Gasteiger partial charge in [-0.3, -0.25) is 9.59 Å². The maximum absolute atomic E-state index is 14.5. The SMILES string of the molecule is Cc1c(-c2ccc(Cl)cc2)c(C(=O)N(CCO)CC(=O)OC(C)(C)C)n(Cc2ccccc2)c1C(F)(F)F. The molecule has 3 aromatic rings. The first-order chi connectivity index (χ1) is 17.7. The molecule has 1 N–H and O–H groups in total. The Morgan fingerprint density at radius 2 is 1.63 bits per heavy atom. The zero-order valence-electron chi connectivity index (χ0n) is 21.6. The summed E-state index contributed by atoms with van der Waals surface area (Å²) in [5.41, 5.74) is -1.23. The molecule has 204 valence electrons. The number of amides is 1. The summed E-state index contributed by atoms with van der Waals surface area (Å²) in [6.07, 6.45) is -4.79. The van der Waals surface area contributed by atoms with Crippen LogP contribution in [0, 0.1) is 6.92 Å². The molecule has 0 bridgehead atoms. The molecule has 0 unspecified atom stereocenters. The van der Waals surface area contributed by atoms with Crippen LogP contribution in [0.4, 0.5) is 13.2 Å². The highest BCUT2D eigenvalue weighted by Crippen LogP contribution is 2.42. The number of hydrogen-bond donors (Lipinski definition) is 1. The number of benzene rings is 2. The van der Waals surface area contributed by atoms with Crippen molar-refractivity contribution in [1.29, 1.82) is 0 Å². The first-order valence-corrected chi connectivity index (χ1v) is 12.3. The summed E-state index contributed by atoms with van der Waals surface area (Å²) in [6.45, 7) is 4.71. The maximum atomic E-state index is 14.5. The van der Waals surface area contributed by atoms with Crippen LogP contribution in [0.15, 0.2) is 54.6 Å². The standard InChI is InChI=1S/C28H30ClF3N2O4/c1-18-23(20-10-12-21(29)13-11-20)24(26(37)33(14-15-35)17-22(36)38-27(2,3)4)34(25(18)28(30,31)32)16-19-8-6-5-7-9-19/h5-13,35H,14-17H2,1-4H3. The normalized spacial score (nSPS) is 11.9. The molecule has 1 amide bonds. The van der Waals surface area contributed by atoms with E-state index < -0.39 is 42.5 Å². The molecule has 0 aliphatic carbocycles. The summed E-state index contributed by atoms with van der Waals surface area (Å²) < 4.78 is 49.8. The summed E-state index contributed by atoms with van der Waals surface area (Å²) in [6, 6.07) is 14.6. The second-order valence-corrected chi connectivity index (χ2v) is 10.2. The Kier molecular flexibility index (Phi) is 8.94. The van der Waals surface area contributed by atoms with Crippen molar-refractivity contribution < 1.29 is 32.6 Å². The number of aliphatic hydroxyl groups is 1. The predicted molar refractivity (Wildman–Crippen MR) is 139 cm³/mol. The van der Waals surface area contributed by atoms with E-state index in [9.17, 15) is 27.9 Å². The lowest BCUT2D eigenvalue weighted by Gasteiger charge is -2.26. The number of aromatic nitrogens is 1. The van der Waals surface area contributed by atoms with Gasteiger partial charge in [0.1, 0.15) is 23.5 Å². The van der Waals surface area contributed by atoms with Crippen molar-refractivity contribution in [3.05, 3.63) is 82.1 Å². The van der Waals surface area contributed by atoms with Crippen LogP contribution in [0.2, 0.25) is 5.02 Å². The van der Waals surface area contributed by atoms with Crippen molar-refractivity contribution in [2.75, 3.05) is 19.7 Å². The Bertz CT molecular complexity index is 1280. The van der Waals surface area contributed by atoms with Gasteiger partial charge in [0.25, 0.3) is 5.91 Å². The van der Waals surface area contributed by atoms with E-state index in [0.29, 0.717) is 16.1 Å². The Labute approximate surface area is 224 Å². The second-order valence-electron chi connectivity index (χ2n) is 9.81. The lowest BCUT2D eigenvalue weighted by Crippen LogP contribution is -2.41. The van der Waals surface area contributed by atoms with Crippen molar-refractivity contribution in [3.8, 4) is 11.1 Å². The van der Waals surface area contributed by atoms with Gasteiger partial charge in [0.2, 0.25) is 0 Å². The lowest BCUT2D eigenvalue weighted by atomic mass is 10.00. The maximum Gasteiger partial charge on any atom is 0.431 e. The van der Waals surface area contributed by atoms with Gasteiger partial charge in [0.05, 0.1) is 6.61 Å². The highest BCUT2D eigenvalue weighted by Gasteiger charge is 2.42. The largest absolute Gasteiger partial charge is 0.459 e. The molecule has 38 heavy (non-hydrogen) atoms. The topological polar surface area (TPSA) is 71.8 Å². The third-order valence-electron chi connectivity index (χ3n) is 5.69. The molecule has 0 fully saturated rings. The van der Waals surface area contributed by atoms with Crippen LogP contribution in [0.5, 0.6) is 0 Å². The molecule has 0 atom stereocenters. The Morgan fingerprint density at radius 3 is 2.16 bits per heavy atom. The Morgan fingerprint density at radius 1 is 1.03 bits per heavy atom. The number of hydrogen-bond acceptors (Lipinski definition) is 4. The molecule has 0 saturated heterocycles. The van der Waals surface area contributed by atoms with Crippen molar-refractivity contribution in [3.63, 3.8) is 0 Å². The van der Waals surface area contributed by atoms with Crippen molar-refractivity contribution in [2.24, 2.45) is 0 Å². The fourth-order valence-electron chi connectivity index (χ4n) is 4.28. The van der Waals surface area contributed by atoms with Crippen LogP contribution in [-0.2, 0) is 22.3 Å². The van der Waals surface area contributed by atoms with Gasteiger partial charge in [-0.05, 0) is 56.5 Å². The average Bonchev–Trinajstić information content (AvgIpc) is 3.10. The Hall–Kier alpha value is -3.30. The molecular weight excluding hydrogens is 521 g/mol. The van der Waals surface area contributed by atoms with Crippen LogP contribution in [0.3, 0.4) is 0 Å². The monoisotopic (exact) mass is 550 g/mol. The summed E-state index contributed by atoms with van der Waals surface area (Å²) in [7, 11) is 0. The van der Waals surface area contributed by atoms with Gasteiger partial charge in [0.15, 0.2) is 0 Å². The van der Waals surface area contributed by atoms with Gasteiger partial charge in [0, 0.05) is 23.7 Å². The molecule has 6 nitrogen and oxygen atoms in total. The highest BCUT2D eigenvalue weighted by molar-refractivity contribution is 6.30. The van der Waals surface area contributed by atoms with E-state index in [1.54, 1.807) is 63.2 Å². The number of ether oxygens (including phenoxy) is 1. The van der Waals surface area contributed by atoms with Gasteiger partial charge in [-0.2, -0.15) is 13.2 Å². The van der Waals surface area contributed by atoms with E-state index in [2.05, 4.69) is 0 Å². The Balaban J connectivity index is 2.27. The average molecular weight is 551 g/mol. The van der Waals surface area contributed by atoms with Crippen molar-refractivity contribution in [1.82, 2.24) is 9.47 Å². The van der Waals surface area contributed by atoms with Crippen LogP contribution >= 0.6 is 11.6 Å². The number of carbonyl (C=O) groups is 2. The molecule has 0 aliphatic rings. The first-order valence-electron chi connectivity index (χ1n) is 11.9. The minimum atomic E-state index is -4.79. The van der Waals surface area contributed by atoms with E-state index in [1.807, 2.05) is 0 Å². The summed E-state index contributed by atoms with van der Waals surface area (Å²) in [4.78, 5) is 27.6. The number of carbonyl (C=O) groups excluding carboxylic acids is 2. The molecule has 10 heteroatoms. The van der Waals surface area contributed by atoms with E-state index in [0.717, 1.165) is 9.47 Å². The summed E-state index contributed by atoms with van der Waals surface area (Å²) in [5, 5.41) is 10.0. The van der Waals surface area contributed by atoms with Crippen molar-refractivity contribution in [2.45, 2.75) is 46.0 Å². The molecular formula is C28H30ClF3N2O4. The number of nitrogens with zero attached hydrogens (tertiary/aromatic N) is 2. The molecule has 0 radical (unpaired) electrons. The first kappa shape index (κ1) is 29.3. The fourth-order valence-corrected chi connectivity index (χ4v) is 4.41. The third-order valence-corrected chi connectivity index (χ3v) is 5.94. The highest BCUT2D eigenvalue weighted by atomic mass is 35.5. The third kappa shape index (κ3) is 6.96. The molecule has 0 aliphatic heterocycles. The van der Waals surface area contributed by atoms with Gasteiger partial charge in [-0.1, -0.05) is 54.1 Å². The van der Waals surface area contributed by atoms with Crippen molar-refractivity contribution >= 4 is 23.5 Å². The van der Waals surface area contributed by atoms with Gasteiger partial charge < -0.3 is 19.3 Å². The number of aliphatic hydroxyl groups excluding tert-OH is 1. The van der Waals surface area contributed by atoms with E-state index in [4.69, 9.17) is 16.3 Å². The van der Waals surface area contributed by atoms with Gasteiger partial charge in [-0.25, -0.2) is 0 Å².